The maximum Gasteiger partial charge on any atom is 0.341 e. The highest BCUT2D eigenvalue weighted by Crippen LogP contribution is 2.38. The fourth-order valence-electron chi connectivity index (χ4n) is 3.77. The molecule has 1 N–H and O–H groups in total. The summed E-state index contributed by atoms with van der Waals surface area (Å²) in [6.45, 7) is 8.51. The van der Waals surface area contributed by atoms with Gasteiger partial charge in [-0.05, 0) is 44.9 Å². The Balaban J connectivity index is 1.54. The number of carbonyl (C=O) groups is 2. The van der Waals surface area contributed by atoms with Crippen molar-refractivity contribution in [2.24, 2.45) is 0 Å². The van der Waals surface area contributed by atoms with Crippen LogP contribution in [0, 0.1) is 20.8 Å². The number of methoxy groups -OCH3 is 1. The minimum atomic E-state index is -0.490. The second kappa shape index (κ2) is 10.5. The number of thiophene rings is 1. The van der Waals surface area contributed by atoms with E-state index in [-0.39, 0.29) is 11.7 Å². The van der Waals surface area contributed by atoms with Crippen LogP contribution in [0.15, 0.2) is 45.5 Å². The third-order valence-corrected chi connectivity index (χ3v) is 7.44. The van der Waals surface area contributed by atoms with Crippen molar-refractivity contribution in [2.75, 3.05) is 18.2 Å². The zero-order valence-electron chi connectivity index (χ0n) is 20.2. The summed E-state index contributed by atoms with van der Waals surface area (Å²) in [7, 11) is 1.34. The molecule has 0 aliphatic carbocycles. The van der Waals surface area contributed by atoms with Crippen LogP contribution in [-0.4, -0.2) is 39.5 Å². The number of esters is 1. The van der Waals surface area contributed by atoms with Crippen LogP contribution in [0.25, 0.3) is 22.5 Å². The van der Waals surface area contributed by atoms with Gasteiger partial charge in [-0.1, -0.05) is 35.5 Å². The molecule has 0 fully saturated rings. The molecule has 8 nitrogen and oxygen atoms in total. The van der Waals surface area contributed by atoms with Crippen molar-refractivity contribution in [1.29, 1.82) is 0 Å². The maximum absolute atomic E-state index is 12.9. The van der Waals surface area contributed by atoms with Crippen molar-refractivity contribution in [2.45, 2.75) is 39.4 Å². The Labute approximate surface area is 211 Å². The Kier molecular flexibility index (Phi) is 7.42. The predicted octanol–water partition coefficient (Wildman–Crippen LogP) is 5.73. The van der Waals surface area contributed by atoms with Crippen LogP contribution in [0.2, 0.25) is 0 Å². The maximum atomic E-state index is 12.9. The lowest BCUT2D eigenvalue weighted by atomic mass is 9.97. The number of rotatable bonds is 8. The summed E-state index contributed by atoms with van der Waals surface area (Å²) in [6.07, 6.45) is 1.62. The van der Waals surface area contributed by atoms with Crippen LogP contribution >= 0.6 is 23.1 Å². The van der Waals surface area contributed by atoms with Gasteiger partial charge in [0.25, 0.3) is 0 Å². The van der Waals surface area contributed by atoms with Crippen LogP contribution in [0.3, 0.4) is 0 Å². The average molecular weight is 511 g/mol. The Morgan fingerprint density at radius 1 is 1.14 bits per heavy atom. The lowest BCUT2D eigenvalue weighted by Crippen LogP contribution is -2.16. The summed E-state index contributed by atoms with van der Waals surface area (Å²) in [4.78, 5) is 25.5. The molecule has 3 aromatic heterocycles. The summed E-state index contributed by atoms with van der Waals surface area (Å²) in [5, 5.41) is 14.4. The number of aromatic nitrogens is 3. The first kappa shape index (κ1) is 24.7. The van der Waals surface area contributed by atoms with E-state index in [1.807, 2.05) is 61.9 Å². The van der Waals surface area contributed by atoms with E-state index in [9.17, 15) is 9.59 Å². The molecule has 0 saturated carbocycles. The van der Waals surface area contributed by atoms with Gasteiger partial charge in [-0.2, -0.15) is 0 Å². The third kappa shape index (κ3) is 5.03. The number of amides is 1. The lowest BCUT2D eigenvalue weighted by molar-refractivity contribution is -0.113. The van der Waals surface area contributed by atoms with E-state index < -0.39 is 5.97 Å². The van der Waals surface area contributed by atoms with Gasteiger partial charge in [0.15, 0.2) is 11.0 Å². The largest absolute Gasteiger partial charge is 0.469 e. The molecular weight excluding hydrogens is 484 g/mol. The van der Waals surface area contributed by atoms with Gasteiger partial charge in [0.05, 0.1) is 24.7 Å². The number of carbonyl (C=O) groups excluding carboxylic acids is 2. The zero-order chi connectivity index (χ0) is 25.1. The van der Waals surface area contributed by atoms with E-state index in [1.165, 1.54) is 30.2 Å². The minimum absolute atomic E-state index is 0.111. The first-order valence-electron chi connectivity index (χ1n) is 11.0. The van der Waals surface area contributed by atoms with E-state index in [0.29, 0.717) is 28.1 Å². The number of aryl methyl sites for hydroxylation is 3. The molecule has 0 bridgehead atoms. The summed E-state index contributed by atoms with van der Waals surface area (Å²) in [5.41, 5.74) is 5.04. The fourth-order valence-corrected chi connectivity index (χ4v) is 5.54. The monoisotopic (exact) mass is 510 g/mol. The predicted molar refractivity (Wildman–Crippen MR) is 138 cm³/mol. The molecule has 0 atom stereocenters. The molecule has 1 amide bonds. The molecule has 10 heteroatoms. The van der Waals surface area contributed by atoms with E-state index >= 15 is 0 Å². The summed E-state index contributed by atoms with van der Waals surface area (Å²) < 4.78 is 12.4. The van der Waals surface area contributed by atoms with E-state index in [4.69, 9.17) is 9.15 Å². The quantitative estimate of drug-likeness (QED) is 0.239. The SMILES string of the molecule is CCn1c(SCC(=O)Nc2scc(-c3cc(C)ccc3C)c2C(=O)OC)nnc1-c1ccoc1C. The molecule has 182 valence electrons. The van der Waals surface area contributed by atoms with E-state index in [2.05, 4.69) is 15.5 Å². The first-order valence-corrected chi connectivity index (χ1v) is 12.9. The van der Waals surface area contributed by atoms with Gasteiger partial charge in [-0.25, -0.2) is 4.79 Å². The number of nitrogens with zero attached hydrogens (tertiary/aromatic N) is 3. The van der Waals surface area contributed by atoms with E-state index in [0.717, 1.165) is 33.6 Å². The molecule has 0 aliphatic heterocycles. The first-order chi connectivity index (χ1) is 16.8. The Morgan fingerprint density at radius 3 is 2.63 bits per heavy atom. The molecule has 1 aromatic carbocycles. The number of furan rings is 1. The molecule has 35 heavy (non-hydrogen) atoms. The fraction of sp³-hybridized carbons (Fsp3) is 0.280. The van der Waals surface area contributed by atoms with Gasteiger partial charge in [0.2, 0.25) is 5.91 Å². The number of anilines is 1. The lowest BCUT2D eigenvalue weighted by Gasteiger charge is -2.10. The van der Waals surface area contributed by atoms with Gasteiger partial charge < -0.3 is 19.0 Å². The van der Waals surface area contributed by atoms with Gasteiger partial charge in [0, 0.05) is 17.5 Å². The van der Waals surface area contributed by atoms with Crippen molar-refractivity contribution in [3.8, 4) is 22.5 Å². The Bertz CT molecular complexity index is 1390. The highest BCUT2D eigenvalue weighted by Gasteiger charge is 2.24. The van der Waals surface area contributed by atoms with Gasteiger partial charge >= 0.3 is 5.97 Å². The molecular formula is C25H26N4O4S2. The van der Waals surface area contributed by atoms with Crippen molar-refractivity contribution in [1.82, 2.24) is 14.8 Å². The summed E-state index contributed by atoms with van der Waals surface area (Å²) >= 11 is 2.59. The van der Waals surface area contributed by atoms with E-state index in [1.54, 1.807) is 6.26 Å². The molecule has 0 unspecified atom stereocenters. The van der Waals surface area contributed by atoms with Crippen molar-refractivity contribution >= 4 is 40.0 Å². The highest BCUT2D eigenvalue weighted by atomic mass is 32.2. The third-order valence-electron chi connectivity index (χ3n) is 5.58. The number of hydrogen-bond acceptors (Lipinski definition) is 8. The van der Waals surface area contributed by atoms with Gasteiger partial charge in [0.1, 0.15) is 16.3 Å². The number of benzene rings is 1. The standard InChI is InChI=1S/C25H26N4O4S2/c1-6-29-22(17-9-10-33-16(17)4)27-28-25(29)35-13-20(30)26-23-21(24(31)32-5)19(12-34-23)18-11-14(2)7-8-15(18)3/h7-12H,6,13H2,1-5H3,(H,26,30). The van der Waals surface area contributed by atoms with Crippen molar-refractivity contribution < 1.29 is 18.7 Å². The van der Waals surface area contributed by atoms with Gasteiger partial charge in [-0.15, -0.1) is 21.5 Å². The number of hydrogen-bond donors (Lipinski definition) is 1. The van der Waals surface area contributed by atoms with Crippen LogP contribution in [0.4, 0.5) is 5.00 Å². The summed E-state index contributed by atoms with van der Waals surface area (Å²) in [6, 6.07) is 7.92. The normalized spacial score (nSPS) is 11.0. The molecule has 0 saturated heterocycles. The Hall–Kier alpha value is -3.37. The number of ether oxygens (including phenoxy) is 1. The molecule has 0 aliphatic rings. The molecule has 3 heterocycles. The molecule has 4 aromatic rings. The minimum Gasteiger partial charge on any atom is -0.469 e. The molecule has 0 radical (unpaired) electrons. The summed E-state index contributed by atoms with van der Waals surface area (Å²) in [5.74, 6) is 0.831. The zero-order valence-corrected chi connectivity index (χ0v) is 21.8. The van der Waals surface area contributed by atoms with Crippen molar-refractivity contribution in [3.63, 3.8) is 0 Å². The smallest absolute Gasteiger partial charge is 0.341 e. The second-order valence-corrected chi connectivity index (χ2v) is 9.76. The van der Waals surface area contributed by atoms with Crippen LogP contribution < -0.4 is 5.32 Å². The van der Waals surface area contributed by atoms with Gasteiger partial charge in [-0.3, -0.25) is 4.79 Å². The molecule has 4 rings (SSSR count). The molecule has 0 spiro atoms. The Morgan fingerprint density at radius 2 is 1.94 bits per heavy atom. The van der Waals surface area contributed by atoms with Crippen molar-refractivity contribution in [3.05, 3.63) is 58.4 Å². The topological polar surface area (TPSA) is 99.2 Å². The van der Waals surface area contributed by atoms with Crippen LogP contribution in [0.1, 0.15) is 34.2 Å². The highest BCUT2D eigenvalue weighted by molar-refractivity contribution is 7.99. The average Bonchev–Trinajstić information content (AvgIpc) is 3.56. The second-order valence-electron chi connectivity index (χ2n) is 7.94. The number of thioether (sulfide) groups is 1. The van der Waals surface area contributed by atoms with Crippen LogP contribution in [0.5, 0.6) is 0 Å². The van der Waals surface area contributed by atoms with Crippen LogP contribution in [-0.2, 0) is 16.1 Å². The number of nitrogens with one attached hydrogen (secondary N) is 1.